The van der Waals surface area contributed by atoms with Crippen LogP contribution in [-0.2, 0) is 13.1 Å². The number of rotatable bonds is 6. The Hall–Kier alpha value is -2.24. The topological polar surface area (TPSA) is 58.2 Å². The van der Waals surface area contributed by atoms with Gasteiger partial charge in [-0.2, -0.15) is 0 Å². The molecule has 154 valence electrons. The molecule has 0 aliphatic heterocycles. The van der Waals surface area contributed by atoms with Crippen molar-refractivity contribution in [1.82, 2.24) is 10.6 Å². The Morgan fingerprint density at radius 2 is 1.07 bits per heavy atom. The number of amides is 2. The Bertz CT molecular complexity index is 1020. The van der Waals surface area contributed by atoms with Crippen LogP contribution in [0.1, 0.15) is 31.8 Å². The molecule has 2 N–H and O–H groups in total. The number of carbonyl (C=O) groups is 2. The molecule has 8 heteroatoms. The van der Waals surface area contributed by atoms with Crippen LogP contribution in [0.25, 0.3) is 0 Å². The fourth-order valence-electron chi connectivity index (χ4n) is 2.75. The zero-order valence-corrected chi connectivity index (χ0v) is 18.5. The van der Waals surface area contributed by atoms with Crippen LogP contribution in [0, 0.1) is 0 Å². The highest BCUT2D eigenvalue weighted by Gasteiger charge is 2.12. The molecule has 0 unspecified atom stereocenters. The second-order valence-electron chi connectivity index (χ2n) is 6.43. The SMILES string of the molecule is O=C(NCc1cccc(CNC(=O)c2cc(Cl)ccc2Cl)c1)c1cc(Cl)ccc1Cl. The molecule has 4 nitrogen and oxygen atoms in total. The lowest BCUT2D eigenvalue weighted by molar-refractivity contribution is 0.0943. The molecule has 30 heavy (non-hydrogen) atoms. The Morgan fingerprint density at radius 1 is 0.633 bits per heavy atom. The van der Waals surface area contributed by atoms with Crippen LogP contribution in [0.3, 0.4) is 0 Å². The van der Waals surface area contributed by atoms with E-state index in [1.165, 1.54) is 12.1 Å². The molecule has 0 bridgehead atoms. The second kappa shape index (κ2) is 10.2. The maximum atomic E-state index is 12.4. The van der Waals surface area contributed by atoms with E-state index in [0.717, 1.165) is 11.1 Å². The van der Waals surface area contributed by atoms with Crippen LogP contribution in [0.15, 0.2) is 60.7 Å². The fourth-order valence-corrected chi connectivity index (χ4v) is 3.50. The van der Waals surface area contributed by atoms with Gasteiger partial charge in [-0.05, 0) is 47.5 Å². The number of carbonyl (C=O) groups excluding carboxylic acids is 2. The van der Waals surface area contributed by atoms with E-state index >= 15 is 0 Å². The average molecular weight is 482 g/mol. The van der Waals surface area contributed by atoms with Crippen LogP contribution in [0.2, 0.25) is 20.1 Å². The molecule has 0 saturated carbocycles. The van der Waals surface area contributed by atoms with Gasteiger partial charge in [0.1, 0.15) is 0 Å². The van der Waals surface area contributed by atoms with Gasteiger partial charge in [0, 0.05) is 23.1 Å². The largest absolute Gasteiger partial charge is 0.348 e. The molecule has 0 radical (unpaired) electrons. The lowest BCUT2D eigenvalue weighted by Gasteiger charge is -2.10. The van der Waals surface area contributed by atoms with Gasteiger partial charge in [0.05, 0.1) is 21.2 Å². The Morgan fingerprint density at radius 3 is 1.50 bits per heavy atom. The summed E-state index contributed by atoms with van der Waals surface area (Å²) in [5.74, 6) is -0.645. The first-order chi connectivity index (χ1) is 14.3. The third-order valence-corrected chi connectivity index (χ3v) is 5.37. The lowest BCUT2D eigenvalue weighted by Crippen LogP contribution is -2.24. The van der Waals surface area contributed by atoms with E-state index in [-0.39, 0.29) is 11.8 Å². The van der Waals surface area contributed by atoms with Gasteiger partial charge < -0.3 is 10.6 Å². The summed E-state index contributed by atoms with van der Waals surface area (Å²) in [5.41, 5.74) is 2.36. The molecule has 0 aromatic heterocycles. The van der Waals surface area contributed by atoms with Gasteiger partial charge in [0.15, 0.2) is 0 Å². The standard InChI is InChI=1S/C22H16Cl4N2O2/c23-15-4-6-19(25)17(9-15)21(29)27-11-13-2-1-3-14(8-13)12-28-22(30)18-10-16(24)5-7-20(18)26/h1-10H,11-12H2,(H,27,29)(H,28,30). The molecule has 3 aromatic carbocycles. The first-order valence-electron chi connectivity index (χ1n) is 8.88. The minimum atomic E-state index is -0.322. The molecule has 3 rings (SSSR count). The average Bonchev–Trinajstić information content (AvgIpc) is 2.74. The number of hydrogen-bond donors (Lipinski definition) is 2. The van der Waals surface area contributed by atoms with Crippen LogP contribution in [-0.4, -0.2) is 11.8 Å². The summed E-state index contributed by atoms with van der Waals surface area (Å²) >= 11 is 24.0. The van der Waals surface area contributed by atoms with E-state index < -0.39 is 0 Å². The van der Waals surface area contributed by atoms with Crippen LogP contribution < -0.4 is 10.6 Å². The van der Waals surface area contributed by atoms with Crippen LogP contribution in [0.5, 0.6) is 0 Å². The van der Waals surface area contributed by atoms with E-state index in [4.69, 9.17) is 46.4 Å². The Balaban J connectivity index is 1.61. The van der Waals surface area contributed by atoms with Crippen molar-refractivity contribution in [1.29, 1.82) is 0 Å². The van der Waals surface area contributed by atoms with E-state index in [1.54, 1.807) is 24.3 Å². The van der Waals surface area contributed by atoms with Gasteiger partial charge in [-0.3, -0.25) is 9.59 Å². The highest BCUT2D eigenvalue weighted by Crippen LogP contribution is 2.21. The summed E-state index contributed by atoms with van der Waals surface area (Å²) in [7, 11) is 0. The Labute approximate surface area is 194 Å². The van der Waals surface area contributed by atoms with Crippen molar-refractivity contribution in [3.8, 4) is 0 Å². The molecule has 0 saturated heterocycles. The molecule has 0 spiro atoms. The zero-order chi connectivity index (χ0) is 21.7. The fraction of sp³-hybridized carbons (Fsp3) is 0.0909. The van der Waals surface area contributed by atoms with Crippen LogP contribution >= 0.6 is 46.4 Å². The van der Waals surface area contributed by atoms with Gasteiger partial charge in [-0.25, -0.2) is 0 Å². The van der Waals surface area contributed by atoms with Gasteiger partial charge in [0.25, 0.3) is 11.8 Å². The van der Waals surface area contributed by atoms with Crippen molar-refractivity contribution in [3.05, 3.63) is 103 Å². The van der Waals surface area contributed by atoms with Crippen molar-refractivity contribution < 1.29 is 9.59 Å². The van der Waals surface area contributed by atoms with Gasteiger partial charge in [0.2, 0.25) is 0 Å². The summed E-state index contributed by atoms with van der Waals surface area (Å²) in [6.45, 7) is 0.590. The lowest BCUT2D eigenvalue weighted by atomic mass is 10.1. The van der Waals surface area contributed by atoms with Crippen molar-refractivity contribution in [2.24, 2.45) is 0 Å². The minimum Gasteiger partial charge on any atom is -0.348 e. The third kappa shape index (κ3) is 5.89. The zero-order valence-electron chi connectivity index (χ0n) is 15.5. The van der Waals surface area contributed by atoms with Crippen molar-refractivity contribution in [3.63, 3.8) is 0 Å². The van der Waals surface area contributed by atoms with Gasteiger partial charge in [-0.1, -0.05) is 70.7 Å². The molecule has 3 aromatic rings. The van der Waals surface area contributed by atoms with Crippen molar-refractivity contribution in [2.45, 2.75) is 13.1 Å². The Kier molecular flexibility index (Phi) is 7.62. The molecule has 0 atom stereocenters. The molecule has 0 aliphatic rings. The van der Waals surface area contributed by atoms with Crippen molar-refractivity contribution >= 4 is 58.2 Å². The first-order valence-corrected chi connectivity index (χ1v) is 10.4. The first kappa shape index (κ1) is 22.4. The minimum absolute atomic E-state index is 0.295. The predicted octanol–water partition coefficient (Wildman–Crippen LogP) is 6.16. The normalized spacial score (nSPS) is 10.5. The number of hydrogen-bond acceptors (Lipinski definition) is 2. The smallest absolute Gasteiger partial charge is 0.253 e. The summed E-state index contributed by atoms with van der Waals surface area (Å²) < 4.78 is 0. The number of benzene rings is 3. The summed E-state index contributed by atoms with van der Waals surface area (Å²) in [4.78, 5) is 24.7. The van der Waals surface area contributed by atoms with Gasteiger partial charge in [-0.15, -0.1) is 0 Å². The second-order valence-corrected chi connectivity index (χ2v) is 8.12. The van der Waals surface area contributed by atoms with Gasteiger partial charge >= 0.3 is 0 Å². The maximum absolute atomic E-state index is 12.4. The summed E-state index contributed by atoms with van der Waals surface area (Å²) in [5, 5.41) is 7.15. The van der Waals surface area contributed by atoms with E-state index in [9.17, 15) is 9.59 Å². The third-order valence-electron chi connectivity index (χ3n) is 4.24. The molecular formula is C22H16Cl4N2O2. The number of halogens is 4. The van der Waals surface area contributed by atoms with E-state index in [2.05, 4.69) is 10.6 Å². The predicted molar refractivity (Wildman–Crippen MR) is 122 cm³/mol. The van der Waals surface area contributed by atoms with Crippen LogP contribution in [0.4, 0.5) is 0 Å². The highest BCUT2D eigenvalue weighted by atomic mass is 35.5. The monoisotopic (exact) mass is 480 g/mol. The molecular weight excluding hydrogens is 466 g/mol. The summed E-state index contributed by atoms with van der Waals surface area (Å²) in [6, 6.07) is 16.9. The van der Waals surface area contributed by atoms with E-state index in [0.29, 0.717) is 44.3 Å². The maximum Gasteiger partial charge on any atom is 0.253 e. The van der Waals surface area contributed by atoms with E-state index in [1.807, 2.05) is 24.3 Å². The highest BCUT2D eigenvalue weighted by molar-refractivity contribution is 6.36. The molecule has 0 fully saturated rings. The van der Waals surface area contributed by atoms with Crippen molar-refractivity contribution in [2.75, 3.05) is 0 Å². The quantitative estimate of drug-likeness (QED) is 0.442. The molecule has 0 heterocycles. The summed E-state index contributed by atoms with van der Waals surface area (Å²) in [6.07, 6.45) is 0. The molecule has 0 aliphatic carbocycles. The molecule has 2 amide bonds. The number of nitrogens with one attached hydrogen (secondary N) is 2.